The van der Waals surface area contributed by atoms with E-state index in [-0.39, 0.29) is 23.3 Å². The zero-order chi connectivity index (χ0) is 31.0. The molecule has 0 spiro atoms. The monoisotopic (exact) mass is 631 g/mol. The molecule has 1 atom stereocenters. The molecule has 0 aromatic heterocycles. The Hall–Kier alpha value is -3.07. The molecule has 0 saturated carbocycles. The van der Waals surface area contributed by atoms with Crippen LogP contribution in [-0.2, 0) is 32.6 Å². The van der Waals surface area contributed by atoms with Crippen LogP contribution in [0.2, 0.25) is 10.0 Å². The highest BCUT2D eigenvalue weighted by Crippen LogP contribution is 2.29. The number of amides is 2. The van der Waals surface area contributed by atoms with Crippen LogP contribution in [0, 0.1) is 12.8 Å². The van der Waals surface area contributed by atoms with Gasteiger partial charge in [-0.25, -0.2) is 8.42 Å². The van der Waals surface area contributed by atoms with Crippen molar-refractivity contribution < 1.29 is 18.0 Å². The molecule has 0 fully saturated rings. The summed E-state index contributed by atoms with van der Waals surface area (Å²) in [4.78, 5) is 29.1. The molecule has 0 saturated heterocycles. The highest BCUT2D eigenvalue weighted by atomic mass is 35.5. The van der Waals surface area contributed by atoms with E-state index in [9.17, 15) is 18.0 Å². The van der Waals surface area contributed by atoms with Gasteiger partial charge in [0.1, 0.15) is 12.6 Å². The molecule has 0 aliphatic heterocycles. The number of aryl methyl sites for hydroxylation is 2. The lowest BCUT2D eigenvalue weighted by Gasteiger charge is -2.34. The summed E-state index contributed by atoms with van der Waals surface area (Å²) in [5, 5.41) is 3.61. The van der Waals surface area contributed by atoms with Gasteiger partial charge in [0, 0.05) is 13.1 Å². The van der Waals surface area contributed by atoms with Crippen molar-refractivity contribution in [3.05, 3.63) is 93.5 Å². The van der Waals surface area contributed by atoms with Crippen LogP contribution in [0.25, 0.3) is 0 Å². The van der Waals surface area contributed by atoms with Crippen LogP contribution in [0.5, 0.6) is 0 Å². The lowest BCUT2D eigenvalue weighted by molar-refractivity contribution is -0.140. The van der Waals surface area contributed by atoms with Gasteiger partial charge < -0.3 is 10.2 Å². The number of hydrogen-bond donors (Lipinski definition) is 1. The van der Waals surface area contributed by atoms with Gasteiger partial charge in [-0.3, -0.25) is 13.9 Å². The van der Waals surface area contributed by atoms with Crippen LogP contribution in [0.15, 0.2) is 71.6 Å². The average molecular weight is 633 g/mol. The third-order valence-corrected chi connectivity index (χ3v) is 9.45. The Morgan fingerprint density at radius 3 is 2.19 bits per heavy atom. The number of carbonyl (C=O) groups excluding carboxylic acids is 2. The van der Waals surface area contributed by atoms with Crippen LogP contribution >= 0.6 is 23.2 Å². The number of benzene rings is 3. The van der Waals surface area contributed by atoms with E-state index < -0.39 is 28.5 Å². The molecule has 10 heteroatoms. The number of sulfonamides is 1. The van der Waals surface area contributed by atoms with Crippen LogP contribution in [0.1, 0.15) is 50.8 Å². The fourth-order valence-corrected chi connectivity index (χ4v) is 6.35. The SMILES string of the molecule is CCc1ccccc1N(CC(=O)N(Cc1ccc(Cl)c(Cl)c1)[C@@H](CC)C(=O)NCC(C)C)S(=O)(=O)c1ccc(C)cc1. The van der Waals surface area contributed by atoms with Gasteiger partial charge in [0.25, 0.3) is 10.0 Å². The second-order valence-corrected chi connectivity index (χ2v) is 13.3. The summed E-state index contributed by atoms with van der Waals surface area (Å²) in [6.07, 6.45) is 0.889. The summed E-state index contributed by atoms with van der Waals surface area (Å²) in [7, 11) is -4.14. The van der Waals surface area contributed by atoms with Crippen molar-refractivity contribution in [3.63, 3.8) is 0 Å². The molecule has 3 aromatic carbocycles. The van der Waals surface area contributed by atoms with E-state index in [0.717, 1.165) is 15.4 Å². The Kier molecular flexibility index (Phi) is 11.9. The van der Waals surface area contributed by atoms with E-state index >= 15 is 0 Å². The smallest absolute Gasteiger partial charge is 0.264 e. The summed E-state index contributed by atoms with van der Waals surface area (Å²) < 4.78 is 29.4. The Labute approximate surface area is 259 Å². The first-order valence-electron chi connectivity index (χ1n) is 14.1. The van der Waals surface area contributed by atoms with Gasteiger partial charge in [0.2, 0.25) is 11.8 Å². The molecular weight excluding hydrogens is 593 g/mol. The van der Waals surface area contributed by atoms with Gasteiger partial charge in [-0.1, -0.05) is 92.9 Å². The molecule has 0 unspecified atom stereocenters. The van der Waals surface area contributed by atoms with Gasteiger partial charge in [0.15, 0.2) is 0 Å². The molecule has 1 N–H and O–H groups in total. The van der Waals surface area contributed by atoms with Crippen molar-refractivity contribution in [1.82, 2.24) is 10.2 Å². The number of rotatable bonds is 13. The van der Waals surface area contributed by atoms with Crippen molar-refractivity contribution in [2.24, 2.45) is 5.92 Å². The predicted molar refractivity (Wildman–Crippen MR) is 170 cm³/mol. The third kappa shape index (κ3) is 8.27. The molecule has 2 amide bonds. The molecular formula is C32H39Cl2N3O4S. The van der Waals surface area contributed by atoms with Crippen molar-refractivity contribution in [1.29, 1.82) is 0 Å². The molecule has 7 nitrogen and oxygen atoms in total. The van der Waals surface area contributed by atoms with Crippen molar-refractivity contribution >= 4 is 50.7 Å². The fourth-order valence-electron chi connectivity index (χ4n) is 4.58. The number of nitrogens with zero attached hydrogens (tertiary/aromatic N) is 2. The number of nitrogens with one attached hydrogen (secondary N) is 1. The van der Waals surface area contributed by atoms with Crippen LogP contribution in [0.3, 0.4) is 0 Å². The van der Waals surface area contributed by atoms with Crippen LogP contribution < -0.4 is 9.62 Å². The van der Waals surface area contributed by atoms with E-state index in [1.165, 1.54) is 4.90 Å². The Morgan fingerprint density at radius 2 is 1.60 bits per heavy atom. The van der Waals surface area contributed by atoms with Crippen molar-refractivity contribution in [2.45, 2.75) is 64.9 Å². The second kappa shape index (κ2) is 14.9. The molecule has 0 aliphatic carbocycles. The molecule has 0 heterocycles. The summed E-state index contributed by atoms with van der Waals surface area (Å²) >= 11 is 12.4. The normalized spacial score (nSPS) is 12.2. The third-order valence-electron chi connectivity index (χ3n) is 6.94. The highest BCUT2D eigenvalue weighted by Gasteiger charge is 2.34. The summed E-state index contributed by atoms with van der Waals surface area (Å²) in [5.74, 6) is -0.609. The van der Waals surface area contributed by atoms with E-state index in [0.29, 0.717) is 40.7 Å². The fraction of sp³-hybridized carbons (Fsp3) is 0.375. The molecule has 226 valence electrons. The largest absolute Gasteiger partial charge is 0.354 e. The minimum Gasteiger partial charge on any atom is -0.354 e. The summed E-state index contributed by atoms with van der Waals surface area (Å²) in [6.45, 7) is 9.58. The molecule has 42 heavy (non-hydrogen) atoms. The van der Waals surface area contributed by atoms with Gasteiger partial charge in [-0.15, -0.1) is 0 Å². The second-order valence-electron chi connectivity index (χ2n) is 10.6. The van der Waals surface area contributed by atoms with Crippen molar-refractivity contribution in [3.8, 4) is 0 Å². The van der Waals surface area contributed by atoms with Gasteiger partial charge in [-0.05, 0) is 67.1 Å². The van der Waals surface area contributed by atoms with Gasteiger partial charge in [0.05, 0.1) is 20.6 Å². The summed E-state index contributed by atoms with van der Waals surface area (Å²) in [5.41, 5.74) is 2.77. The van der Waals surface area contributed by atoms with Gasteiger partial charge >= 0.3 is 0 Å². The maximum Gasteiger partial charge on any atom is 0.264 e. The maximum atomic E-state index is 14.2. The standard InChI is InChI=1S/C32H39Cl2N3O4S/c1-6-25-10-8-9-11-30(25)37(42(40,41)26-15-12-23(5)13-16-26)21-31(38)36(20-24-14-17-27(33)28(34)18-24)29(7-2)32(39)35-19-22(3)4/h8-18,22,29H,6-7,19-21H2,1-5H3,(H,35,39)/t29-/m0/s1. The van der Waals surface area contributed by atoms with E-state index in [1.807, 2.05) is 46.8 Å². The first kappa shape index (κ1) is 33.4. The van der Waals surface area contributed by atoms with Crippen LogP contribution in [-0.4, -0.2) is 44.3 Å². The zero-order valence-electron chi connectivity index (χ0n) is 24.7. The molecule has 3 rings (SSSR count). The number of halogens is 2. The molecule has 0 bridgehead atoms. The number of carbonyl (C=O) groups is 2. The number of hydrogen-bond acceptors (Lipinski definition) is 4. The quantitative estimate of drug-likeness (QED) is 0.229. The van der Waals surface area contributed by atoms with Crippen LogP contribution in [0.4, 0.5) is 5.69 Å². The van der Waals surface area contributed by atoms with E-state index in [2.05, 4.69) is 5.32 Å². The average Bonchev–Trinajstić information content (AvgIpc) is 2.96. The van der Waals surface area contributed by atoms with E-state index in [4.69, 9.17) is 23.2 Å². The Bertz CT molecular complexity index is 1490. The minimum absolute atomic E-state index is 0.0389. The molecule has 0 radical (unpaired) electrons. The van der Waals surface area contributed by atoms with Gasteiger partial charge in [-0.2, -0.15) is 0 Å². The topological polar surface area (TPSA) is 86.8 Å². The number of anilines is 1. The molecule has 3 aromatic rings. The van der Waals surface area contributed by atoms with Crippen molar-refractivity contribution in [2.75, 3.05) is 17.4 Å². The zero-order valence-corrected chi connectivity index (χ0v) is 27.1. The van der Waals surface area contributed by atoms with E-state index in [1.54, 1.807) is 54.6 Å². The lowest BCUT2D eigenvalue weighted by Crippen LogP contribution is -2.52. The minimum atomic E-state index is -4.14. The lowest BCUT2D eigenvalue weighted by atomic mass is 10.1. The summed E-state index contributed by atoms with van der Waals surface area (Å²) in [6, 6.07) is 17.8. The Balaban J connectivity index is 2.10. The molecule has 0 aliphatic rings. The Morgan fingerprint density at radius 1 is 0.929 bits per heavy atom. The predicted octanol–water partition coefficient (Wildman–Crippen LogP) is 6.64. The first-order chi connectivity index (χ1) is 19.9. The highest BCUT2D eigenvalue weighted by molar-refractivity contribution is 7.92. The number of para-hydroxylation sites is 1. The maximum absolute atomic E-state index is 14.2. The first-order valence-corrected chi connectivity index (χ1v) is 16.3.